The number of aliphatic hydroxyl groups excluding tert-OH is 1. The molecule has 2 heterocycles. The third-order valence-electron chi connectivity index (χ3n) is 3.30. The predicted octanol–water partition coefficient (Wildman–Crippen LogP) is 2.65. The van der Waals surface area contributed by atoms with Crippen LogP contribution in [-0.2, 0) is 0 Å². The van der Waals surface area contributed by atoms with Crippen LogP contribution in [0.2, 0.25) is 0 Å². The molecule has 0 spiro atoms. The predicted molar refractivity (Wildman–Crippen MR) is 87.1 cm³/mol. The fraction of sp³-hybridized carbons (Fsp3) is 0.176. The second kappa shape index (κ2) is 6.41. The highest BCUT2D eigenvalue weighted by Gasteiger charge is 2.05. The maximum Gasteiger partial charge on any atom is 0.161 e. The van der Waals surface area contributed by atoms with Gasteiger partial charge in [0.2, 0.25) is 0 Å². The smallest absolute Gasteiger partial charge is 0.161 e. The maximum absolute atomic E-state index is 8.90. The van der Waals surface area contributed by atoms with Crippen LogP contribution in [0.4, 0.5) is 5.82 Å². The molecule has 0 unspecified atom stereocenters. The Morgan fingerprint density at radius 2 is 1.82 bits per heavy atom. The molecule has 0 amide bonds. The lowest BCUT2D eigenvalue weighted by atomic mass is 10.2. The summed E-state index contributed by atoms with van der Waals surface area (Å²) in [6.07, 6.45) is 4.02. The van der Waals surface area contributed by atoms with Crippen LogP contribution < -0.4 is 5.32 Å². The first-order chi connectivity index (χ1) is 10.8. The van der Waals surface area contributed by atoms with Gasteiger partial charge >= 0.3 is 0 Å². The van der Waals surface area contributed by atoms with Gasteiger partial charge in [-0.05, 0) is 43.3 Å². The third-order valence-corrected chi connectivity index (χ3v) is 3.30. The molecule has 0 fully saturated rings. The summed E-state index contributed by atoms with van der Waals surface area (Å²) in [6, 6.07) is 14.0. The van der Waals surface area contributed by atoms with Gasteiger partial charge in [-0.2, -0.15) is 0 Å². The minimum atomic E-state index is 0.0734. The molecule has 0 saturated heterocycles. The summed E-state index contributed by atoms with van der Waals surface area (Å²) < 4.78 is 2.05. The second-order valence-electron chi connectivity index (χ2n) is 5.01. The summed E-state index contributed by atoms with van der Waals surface area (Å²) in [7, 11) is 0. The molecule has 3 aromatic rings. The van der Waals surface area contributed by atoms with Crippen LogP contribution >= 0.6 is 0 Å². The Bertz CT molecular complexity index is 736. The van der Waals surface area contributed by atoms with Crippen LogP contribution in [0, 0.1) is 6.92 Å². The van der Waals surface area contributed by atoms with Gasteiger partial charge in [-0.1, -0.05) is 0 Å². The number of rotatable bonds is 5. The quantitative estimate of drug-likeness (QED) is 0.759. The topological polar surface area (TPSA) is 63.0 Å². The molecule has 2 aromatic heterocycles. The maximum atomic E-state index is 8.90. The van der Waals surface area contributed by atoms with Crippen molar-refractivity contribution in [2.75, 3.05) is 18.5 Å². The molecule has 3 rings (SSSR count). The van der Waals surface area contributed by atoms with E-state index in [9.17, 15) is 0 Å². The van der Waals surface area contributed by atoms with E-state index in [0.29, 0.717) is 12.4 Å². The first-order valence-electron chi connectivity index (χ1n) is 7.20. The Morgan fingerprint density at radius 3 is 2.50 bits per heavy atom. The summed E-state index contributed by atoms with van der Waals surface area (Å²) in [6.45, 7) is 2.48. The number of aliphatic hydroxyl groups is 1. The van der Waals surface area contributed by atoms with Crippen molar-refractivity contribution in [1.29, 1.82) is 0 Å². The summed E-state index contributed by atoms with van der Waals surface area (Å²) in [5, 5.41) is 12.0. The van der Waals surface area contributed by atoms with E-state index in [1.54, 1.807) is 0 Å². The Morgan fingerprint density at radius 1 is 1.09 bits per heavy atom. The molecule has 0 aliphatic heterocycles. The zero-order chi connectivity index (χ0) is 15.4. The number of benzene rings is 1. The molecule has 1 aromatic carbocycles. The summed E-state index contributed by atoms with van der Waals surface area (Å²) in [5.74, 6) is 1.41. The Kier molecular flexibility index (Phi) is 4.16. The normalized spacial score (nSPS) is 10.6. The molecule has 0 radical (unpaired) electrons. The first-order valence-corrected chi connectivity index (χ1v) is 7.20. The monoisotopic (exact) mass is 294 g/mol. The number of hydrogen-bond donors (Lipinski definition) is 2. The number of aryl methyl sites for hydroxylation is 1. The van der Waals surface area contributed by atoms with E-state index in [1.165, 1.54) is 0 Å². The van der Waals surface area contributed by atoms with Crippen molar-refractivity contribution in [1.82, 2.24) is 14.5 Å². The SMILES string of the molecule is Cc1cc(NCCO)nc(-c2ccc(-n3cccc3)cc2)n1. The molecular weight excluding hydrogens is 276 g/mol. The van der Waals surface area contributed by atoms with Crippen LogP contribution in [0.1, 0.15) is 5.69 Å². The molecule has 5 nitrogen and oxygen atoms in total. The zero-order valence-corrected chi connectivity index (χ0v) is 12.4. The lowest BCUT2D eigenvalue weighted by molar-refractivity contribution is 0.311. The van der Waals surface area contributed by atoms with Crippen LogP contribution in [0.25, 0.3) is 17.1 Å². The van der Waals surface area contributed by atoms with Crippen molar-refractivity contribution >= 4 is 5.82 Å². The third kappa shape index (κ3) is 3.15. The van der Waals surface area contributed by atoms with Gasteiger partial charge in [-0.3, -0.25) is 0 Å². The standard InChI is InChI=1S/C17H18N4O/c1-13-12-16(18-8-11-22)20-17(19-13)14-4-6-15(7-5-14)21-9-2-3-10-21/h2-7,9-10,12,22H,8,11H2,1H3,(H,18,19,20). The molecule has 22 heavy (non-hydrogen) atoms. The fourth-order valence-electron chi connectivity index (χ4n) is 2.26. The van der Waals surface area contributed by atoms with E-state index < -0.39 is 0 Å². The molecule has 0 aliphatic carbocycles. The second-order valence-corrected chi connectivity index (χ2v) is 5.01. The van der Waals surface area contributed by atoms with Gasteiger partial charge in [-0.15, -0.1) is 0 Å². The van der Waals surface area contributed by atoms with E-state index >= 15 is 0 Å². The van der Waals surface area contributed by atoms with Gasteiger partial charge in [0.25, 0.3) is 0 Å². The Labute approximate surface area is 129 Å². The Hall–Kier alpha value is -2.66. The molecule has 0 saturated carbocycles. The van der Waals surface area contributed by atoms with Gasteiger partial charge in [0, 0.05) is 41.9 Å². The van der Waals surface area contributed by atoms with Gasteiger partial charge in [0.15, 0.2) is 5.82 Å². The Balaban J connectivity index is 1.88. The lowest BCUT2D eigenvalue weighted by Gasteiger charge is -2.08. The van der Waals surface area contributed by atoms with E-state index in [0.717, 1.165) is 22.8 Å². The number of hydrogen-bond acceptors (Lipinski definition) is 4. The summed E-state index contributed by atoms with van der Waals surface area (Å²) >= 11 is 0. The average Bonchev–Trinajstić information content (AvgIpc) is 3.07. The van der Waals surface area contributed by atoms with E-state index in [1.807, 2.05) is 61.8 Å². The van der Waals surface area contributed by atoms with E-state index in [-0.39, 0.29) is 6.61 Å². The van der Waals surface area contributed by atoms with Crippen molar-refractivity contribution < 1.29 is 5.11 Å². The average molecular weight is 294 g/mol. The van der Waals surface area contributed by atoms with E-state index in [4.69, 9.17) is 5.11 Å². The molecule has 0 aliphatic rings. The van der Waals surface area contributed by atoms with Crippen LogP contribution in [-0.4, -0.2) is 32.8 Å². The van der Waals surface area contributed by atoms with Crippen LogP contribution in [0.5, 0.6) is 0 Å². The summed E-state index contributed by atoms with van der Waals surface area (Å²) in [5.41, 5.74) is 2.95. The van der Waals surface area contributed by atoms with Crippen molar-refractivity contribution in [2.45, 2.75) is 6.92 Å². The molecular formula is C17H18N4O. The molecule has 0 atom stereocenters. The number of nitrogens with zero attached hydrogens (tertiary/aromatic N) is 3. The molecule has 0 bridgehead atoms. The van der Waals surface area contributed by atoms with Crippen molar-refractivity contribution in [3.8, 4) is 17.1 Å². The highest BCUT2D eigenvalue weighted by Crippen LogP contribution is 2.20. The van der Waals surface area contributed by atoms with E-state index in [2.05, 4.69) is 19.9 Å². The van der Waals surface area contributed by atoms with Crippen molar-refractivity contribution in [3.63, 3.8) is 0 Å². The van der Waals surface area contributed by atoms with Crippen molar-refractivity contribution in [3.05, 3.63) is 60.6 Å². The largest absolute Gasteiger partial charge is 0.395 e. The molecule has 2 N–H and O–H groups in total. The van der Waals surface area contributed by atoms with Gasteiger partial charge in [-0.25, -0.2) is 9.97 Å². The van der Waals surface area contributed by atoms with Crippen molar-refractivity contribution in [2.24, 2.45) is 0 Å². The molecule has 5 heteroatoms. The highest BCUT2D eigenvalue weighted by atomic mass is 16.3. The minimum absolute atomic E-state index is 0.0734. The van der Waals surface area contributed by atoms with Gasteiger partial charge in [0.05, 0.1) is 6.61 Å². The number of aromatic nitrogens is 3. The molecule has 112 valence electrons. The van der Waals surface area contributed by atoms with Crippen LogP contribution in [0.15, 0.2) is 54.9 Å². The highest BCUT2D eigenvalue weighted by molar-refractivity contribution is 5.59. The first kappa shape index (κ1) is 14.3. The van der Waals surface area contributed by atoms with Gasteiger partial charge < -0.3 is 15.0 Å². The van der Waals surface area contributed by atoms with Gasteiger partial charge in [0.1, 0.15) is 5.82 Å². The van der Waals surface area contributed by atoms with Crippen LogP contribution in [0.3, 0.4) is 0 Å². The number of anilines is 1. The zero-order valence-electron chi connectivity index (χ0n) is 12.4. The minimum Gasteiger partial charge on any atom is -0.395 e. The summed E-state index contributed by atoms with van der Waals surface area (Å²) in [4.78, 5) is 8.98. The lowest BCUT2D eigenvalue weighted by Crippen LogP contribution is -2.08. The number of nitrogens with one attached hydrogen (secondary N) is 1. The fourth-order valence-corrected chi connectivity index (χ4v) is 2.26.